The van der Waals surface area contributed by atoms with Crippen molar-refractivity contribution < 1.29 is 9.59 Å². The van der Waals surface area contributed by atoms with Gasteiger partial charge in [-0.2, -0.15) is 0 Å². The molecule has 174 valence electrons. The largest absolute Gasteiger partial charge is 0.334 e. The van der Waals surface area contributed by atoms with Gasteiger partial charge in [0.25, 0.3) is 11.5 Å². The fourth-order valence-electron chi connectivity index (χ4n) is 5.56. The number of H-pyrrole nitrogens is 1. The topological polar surface area (TPSA) is 99.3 Å². The summed E-state index contributed by atoms with van der Waals surface area (Å²) in [7, 11) is 0. The van der Waals surface area contributed by atoms with Gasteiger partial charge < -0.3 is 14.8 Å². The number of aromatic nitrogens is 3. The standard InChI is InChI=1S/C25H31N5O3/c1-16-14-26-11-9-18(16)25(33)29-13-10-20-19(15-29)23(31)28-22(27-20)21-8-5-12-30(21)24(32)17-6-3-2-4-7-17/h9,11,14,17,21H,2-8,10,12-13,15H2,1H3,(H,27,28,31). The summed E-state index contributed by atoms with van der Waals surface area (Å²) in [6.45, 7) is 3.35. The number of hydrogen-bond acceptors (Lipinski definition) is 5. The maximum atomic E-state index is 13.2. The van der Waals surface area contributed by atoms with Crippen LogP contribution in [0.3, 0.4) is 0 Å². The zero-order valence-corrected chi connectivity index (χ0v) is 19.2. The molecule has 1 atom stereocenters. The minimum atomic E-state index is -0.198. The Bertz CT molecular complexity index is 1120. The monoisotopic (exact) mass is 449 g/mol. The van der Waals surface area contributed by atoms with E-state index in [0.717, 1.165) is 56.3 Å². The summed E-state index contributed by atoms with van der Waals surface area (Å²) in [6.07, 6.45) is 11.0. The number of aromatic amines is 1. The van der Waals surface area contributed by atoms with Crippen LogP contribution in [0.1, 0.15) is 84.0 Å². The van der Waals surface area contributed by atoms with Crippen LogP contribution in [0.4, 0.5) is 0 Å². The molecule has 4 heterocycles. The first-order valence-corrected chi connectivity index (χ1v) is 12.1. The predicted octanol–water partition coefficient (Wildman–Crippen LogP) is 2.92. The number of amides is 2. The first-order valence-electron chi connectivity index (χ1n) is 12.1. The normalized spacial score (nSPS) is 21.2. The Morgan fingerprint density at radius 3 is 2.70 bits per heavy atom. The Morgan fingerprint density at radius 1 is 1.09 bits per heavy atom. The van der Waals surface area contributed by atoms with Gasteiger partial charge in [-0.15, -0.1) is 0 Å². The van der Waals surface area contributed by atoms with E-state index < -0.39 is 0 Å². The lowest BCUT2D eigenvalue weighted by atomic mass is 9.88. The maximum Gasteiger partial charge on any atom is 0.256 e. The summed E-state index contributed by atoms with van der Waals surface area (Å²) in [6, 6.07) is 1.56. The summed E-state index contributed by atoms with van der Waals surface area (Å²) in [5.41, 5.74) is 2.53. The van der Waals surface area contributed by atoms with Crippen LogP contribution in [0.25, 0.3) is 0 Å². The van der Waals surface area contributed by atoms with Gasteiger partial charge in [0, 0.05) is 43.4 Å². The third-order valence-corrected chi connectivity index (χ3v) is 7.43. The number of carbonyl (C=O) groups excluding carboxylic acids is 2. The number of likely N-dealkylation sites (tertiary alicyclic amines) is 1. The van der Waals surface area contributed by atoms with Crippen LogP contribution < -0.4 is 5.56 Å². The van der Waals surface area contributed by atoms with Gasteiger partial charge in [-0.1, -0.05) is 19.3 Å². The summed E-state index contributed by atoms with van der Waals surface area (Å²) in [5, 5.41) is 0. The van der Waals surface area contributed by atoms with Gasteiger partial charge in [0.2, 0.25) is 5.91 Å². The Labute approximate surface area is 193 Å². The van der Waals surface area contributed by atoms with E-state index in [0.29, 0.717) is 29.9 Å². The van der Waals surface area contributed by atoms with Crippen LogP contribution in [0, 0.1) is 12.8 Å². The highest BCUT2D eigenvalue weighted by atomic mass is 16.2. The number of aryl methyl sites for hydroxylation is 1. The second-order valence-corrected chi connectivity index (χ2v) is 9.57. The van der Waals surface area contributed by atoms with Crippen molar-refractivity contribution in [2.75, 3.05) is 13.1 Å². The van der Waals surface area contributed by atoms with Crippen molar-refractivity contribution >= 4 is 11.8 Å². The summed E-state index contributed by atoms with van der Waals surface area (Å²) >= 11 is 0. The van der Waals surface area contributed by atoms with E-state index in [9.17, 15) is 14.4 Å². The van der Waals surface area contributed by atoms with Crippen molar-refractivity contribution in [2.24, 2.45) is 5.92 Å². The Balaban J connectivity index is 1.36. The average molecular weight is 450 g/mol. The zero-order chi connectivity index (χ0) is 22.9. The predicted molar refractivity (Wildman–Crippen MR) is 123 cm³/mol. The van der Waals surface area contributed by atoms with Crippen molar-refractivity contribution in [1.29, 1.82) is 0 Å². The molecule has 0 radical (unpaired) electrons. The fourth-order valence-corrected chi connectivity index (χ4v) is 5.56. The minimum Gasteiger partial charge on any atom is -0.334 e. The van der Waals surface area contributed by atoms with Gasteiger partial charge in [-0.05, 0) is 44.2 Å². The number of nitrogens with zero attached hydrogens (tertiary/aromatic N) is 4. The quantitative estimate of drug-likeness (QED) is 0.777. The van der Waals surface area contributed by atoms with Crippen LogP contribution >= 0.6 is 0 Å². The first kappa shape index (κ1) is 21.8. The highest BCUT2D eigenvalue weighted by molar-refractivity contribution is 5.95. The van der Waals surface area contributed by atoms with Crippen LogP contribution in [-0.2, 0) is 17.8 Å². The number of rotatable bonds is 3. The Kier molecular flexibility index (Phi) is 6.00. The SMILES string of the molecule is Cc1cnccc1C(=O)N1CCc2nc(C3CCCN3C(=O)C3CCCCC3)[nH]c(=O)c2C1. The number of carbonyl (C=O) groups is 2. The molecule has 2 aromatic rings. The molecule has 1 saturated heterocycles. The summed E-state index contributed by atoms with van der Waals surface area (Å²) in [5.74, 6) is 0.844. The van der Waals surface area contributed by atoms with E-state index in [1.807, 2.05) is 11.8 Å². The second-order valence-electron chi connectivity index (χ2n) is 9.57. The van der Waals surface area contributed by atoms with Crippen LogP contribution in [0.5, 0.6) is 0 Å². The minimum absolute atomic E-state index is 0.0935. The van der Waals surface area contributed by atoms with Gasteiger partial charge in [-0.25, -0.2) is 4.98 Å². The molecule has 8 nitrogen and oxygen atoms in total. The highest BCUT2D eigenvalue weighted by Gasteiger charge is 2.36. The van der Waals surface area contributed by atoms with Crippen molar-refractivity contribution in [3.8, 4) is 0 Å². The first-order chi connectivity index (χ1) is 16.0. The zero-order valence-electron chi connectivity index (χ0n) is 19.2. The maximum absolute atomic E-state index is 13.2. The van der Waals surface area contributed by atoms with E-state index in [2.05, 4.69) is 9.97 Å². The molecule has 3 aliphatic rings. The smallest absolute Gasteiger partial charge is 0.256 e. The molecule has 1 aliphatic carbocycles. The van der Waals surface area contributed by atoms with E-state index in [4.69, 9.17) is 4.98 Å². The molecule has 2 aromatic heterocycles. The molecule has 0 aromatic carbocycles. The van der Waals surface area contributed by atoms with E-state index in [-0.39, 0.29) is 35.9 Å². The summed E-state index contributed by atoms with van der Waals surface area (Å²) < 4.78 is 0. The molecular formula is C25H31N5O3. The molecule has 33 heavy (non-hydrogen) atoms. The van der Waals surface area contributed by atoms with Crippen LogP contribution in [-0.4, -0.2) is 49.7 Å². The van der Waals surface area contributed by atoms with Crippen LogP contribution in [0.15, 0.2) is 23.3 Å². The molecular weight excluding hydrogens is 418 g/mol. The van der Waals surface area contributed by atoms with Gasteiger partial charge >= 0.3 is 0 Å². The van der Waals surface area contributed by atoms with Crippen molar-refractivity contribution in [2.45, 2.75) is 70.9 Å². The number of pyridine rings is 1. The van der Waals surface area contributed by atoms with E-state index in [1.165, 1.54) is 6.42 Å². The van der Waals surface area contributed by atoms with Gasteiger partial charge in [-0.3, -0.25) is 19.4 Å². The van der Waals surface area contributed by atoms with Crippen molar-refractivity contribution in [3.63, 3.8) is 0 Å². The molecule has 0 spiro atoms. The van der Waals surface area contributed by atoms with E-state index in [1.54, 1.807) is 23.4 Å². The number of hydrogen-bond donors (Lipinski definition) is 1. The number of fused-ring (bicyclic) bond motifs is 1. The van der Waals surface area contributed by atoms with Gasteiger partial charge in [0.15, 0.2) is 0 Å². The molecule has 2 aliphatic heterocycles. The molecule has 2 fully saturated rings. The molecule has 8 heteroatoms. The van der Waals surface area contributed by atoms with Crippen molar-refractivity contribution in [1.82, 2.24) is 24.8 Å². The van der Waals surface area contributed by atoms with Gasteiger partial charge in [0.1, 0.15) is 5.82 Å². The molecule has 2 amide bonds. The molecule has 1 saturated carbocycles. The Morgan fingerprint density at radius 2 is 1.91 bits per heavy atom. The molecule has 0 bridgehead atoms. The number of nitrogens with one attached hydrogen (secondary N) is 1. The van der Waals surface area contributed by atoms with Crippen LogP contribution in [0.2, 0.25) is 0 Å². The third kappa shape index (κ3) is 4.18. The lowest BCUT2D eigenvalue weighted by molar-refractivity contribution is -0.137. The average Bonchev–Trinajstić information content (AvgIpc) is 3.34. The third-order valence-electron chi connectivity index (χ3n) is 7.43. The lowest BCUT2D eigenvalue weighted by Gasteiger charge is -2.31. The summed E-state index contributed by atoms with van der Waals surface area (Å²) in [4.78, 5) is 54.7. The fraction of sp³-hybridized carbons (Fsp3) is 0.560. The second kappa shape index (κ2) is 9.08. The highest BCUT2D eigenvalue weighted by Crippen LogP contribution is 2.34. The Hall–Kier alpha value is -3.03. The van der Waals surface area contributed by atoms with E-state index >= 15 is 0 Å². The van der Waals surface area contributed by atoms with Crippen molar-refractivity contribution in [3.05, 3.63) is 57.0 Å². The molecule has 1 unspecified atom stereocenters. The van der Waals surface area contributed by atoms with Gasteiger partial charge in [0.05, 0.1) is 23.8 Å². The molecule has 1 N–H and O–H groups in total. The lowest BCUT2D eigenvalue weighted by Crippen LogP contribution is -2.41. The molecule has 5 rings (SSSR count).